The maximum absolute atomic E-state index is 12.3. The lowest BCUT2D eigenvalue weighted by Gasteiger charge is -2.30. The molecule has 1 aromatic carbocycles. The molecule has 0 aromatic heterocycles. The Balaban J connectivity index is 1.98. The molecule has 0 saturated carbocycles. The van der Waals surface area contributed by atoms with Crippen molar-refractivity contribution in [2.75, 3.05) is 32.0 Å². The van der Waals surface area contributed by atoms with Crippen molar-refractivity contribution in [2.24, 2.45) is 0 Å². The van der Waals surface area contributed by atoms with Crippen molar-refractivity contribution in [2.45, 2.75) is 31.8 Å². The second kappa shape index (κ2) is 7.49. The van der Waals surface area contributed by atoms with Crippen LogP contribution in [0.4, 0.5) is 0 Å². The molecule has 7 nitrogen and oxygen atoms in total. The average molecular weight is 377 g/mol. The number of hydrogen-bond acceptors (Lipinski definition) is 5. The van der Waals surface area contributed by atoms with Crippen molar-refractivity contribution in [1.82, 2.24) is 9.03 Å². The summed E-state index contributed by atoms with van der Waals surface area (Å²) in [7, 11) is -7.23. The molecule has 1 N–H and O–H groups in total. The van der Waals surface area contributed by atoms with E-state index in [1.54, 1.807) is 12.1 Å². The van der Waals surface area contributed by atoms with Crippen molar-refractivity contribution in [1.29, 1.82) is 0 Å². The van der Waals surface area contributed by atoms with Crippen molar-refractivity contribution < 1.29 is 21.6 Å². The van der Waals surface area contributed by atoms with Crippen LogP contribution in [0.1, 0.15) is 18.1 Å². The summed E-state index contributed by atoms with van der Waals surface area (Å²) >= 11 is 0. The standard InChI is InChI=1S/C15H24N2O5S2/c1-12-4-5-15(10-13(12)2)24(20,21)16-6-9-23(18,19)17-7-8-22-14(3)11-17/h4-5,10,14,16H,6-9,11H2,1-3H3. The van der Waals surface area contributed by atoms with E-state index in [0.29, 0.717) is 19.7 Å². The smallest absolute Gasteiger partial charge is 0.240 e. The van der Waals surface area contributed by atoms with E-state index in [1.165, 1.54) is 10.4 Å². The van der Waals surface area contributed by atoms with E-state index in [9.17, 15) is 16.8 Å². The van der Waals surface area contributed by atoms with Gasteiger partial charge in [-0.2, -0.15) is 4.31 Å². The van der Waals surface area contributed by atoms with Crippen LogP contribution < -0.4 is 4.72 Å². The molecule has 1 atom stereocenters. The zero-order valence-corrected chi connectivity index (χ0v) is 15.8. The zero-order valence-electron chi connectivity index (χ0n) is 14.1. The third kappa shape index (κ3) is 4.76. The van der Waals surface area contributed by atoms with Gasteiger partial charge in [0.25, 0.3) is 0 Å². The van der Waals surface area contributed by atoms with Gasteiger partial charge in [-0.05, 0) is 44.0 Å². The van der Waals surface area contributed by atoms with E-state index < -0.39 is 20.0 Å². The molecule has 1 heterocycles. The fourth-order valence-corrected chi connectivity index (χ4v) is 5.09. The number of morpholine rings is 1. The minimum absolute atomic E-state index is 0.142. The number of rotatable bonds is 6. The van der Waals surface area contributed by atoms with E-state index in [-0.39, 0.29) is 23.3 Å². The number of ether oxygens (including phenoxy) is 1. The molecule has 9 heteroatoms. The third-order valence-electron chi connectivity index (χ3n) is 4.04. The van der Waals surface area contributed by atoms with Gasteiger partial charge >= 0.3 is 0 Å². The number of sulfonamides is 2. The first-order valence-corrected chi connectivity index (χ1v) is 10.9. The van der Waals surface area contributed by atoms with Gasteiger partial charge in [0.05, 0.1) is 23.4 Å². The summed E-state index contributed by atoms with van der Waals surface area (Å²) in [5.41, 5.74) is 1.87. The molecule has 0 radical (unpaired) electrons. The van der Waals surface area contributed by atoms with Crippen molar-refractivity contribution in [3.05, 3.63) is 29.3 Å². The van der Waals surface area contributed by atoms with Crippen LogP contribution in [0.3, 0.4) is 0 Å². The third-order valence-corrected chi connectivity index (χ3v) is 7.34. The highest BCUT2D eigenvalue weighted by Gasteiger charge is 2.27. The van der Waals surface area contributed by atoms with Gasteiger partial charge in [-0.25, -0.2) is 21.6 Å². The molecule has 0 spiro atoms. The fourth-order valence-electron chi connectivity index (χ4n) is 2.44. The molecular weight excluding hydrogens is 352 g/mol. The van der Waals surface area contributed by atoms with Gasteiger partial charge in [0.1, 0.15) is 0 Å². The normalized spacial score (nSPS) is 20.2. The van der Waals surface area contributed by atoms with Crippen LogP contribution in [0.2, 0.25) is 0 Å². The molecular formula is C15H24N2O5S2. The number of nitrogens with zero attached hydrogens (tertiary/aromatic N) is 1. The second-order valence-electron chi connectivity index (χ2n) is 6.00. The number of nitrogens with one attached hydrogen (secondary N) is 1. The van der Waals surface area contributed by atoms with Gasteiger partial charge in [-0.1, -0.05) is 6.07 Å². The van der Waals surface area contributed by atoms with Crippen LogP contribution in [0.25, 0.3) is 0 Å². The molecule has 0 aliphatic carbocycles. The largest absolute Gasteiger partial charge is 0.376 e. The predicted octanol–water partition coefficient (Wildman–Crippen LogP) is 0.632. The summed E-state index contributed by atoms with van der Waals surface area (Å²) in [4.78, 5) is 0.142. The molecule has 2 rings (SSSR count). The molecule has 1 saturated heterocycles. The number of aryl methyl sites for hydroxylation is 2. The highest BCUT2D eigenvalue weighted by molar-refractivity contribution is 7.90. The van der Waals surface area contributed by atoms with Crippen LogP contribution >= 0.6 is 0 Å². The molecule has 1 fully saturated rings. The Hall–Kier alpha value is -1.00. The molecule has 24 heavy (non-hydrogen) atoms. The quantitative estimate of drug-likeness (QED) is 0.786. The van der Waals surface area contributed by atoms with Crippen LogP contribution in [0.5, 0.6) is 0 Å². The van der Waals surface area contributed by atoms with Crippen molar-refractivity contribution >= 4 is 20.0 Å². The first-order valence-electron chi connectivity index (χ1n) is 7.78. The first kappa shape index (κ1) is 19.3. The molecule has 0 amide bonds. The minimum atomic E-state index is -3.72. The zero-order chi connectivity index (χ0) is 18.0. The van der Waals surface area contributed by atoms with E-state index in [4.69, 9.17) is 4.74 Å². The summed E-state index contributed by atoms with van der Waals surface area (Å²) in [6.07, 6.45) is -0.152. The summed E-state index contributed by atoms with van der Waals surface area (Å²) in [6, 6.07) is 4.83. The topological polar surface area (TPSA) is 92.8 Å². The molecule has 1 unspecified atom stereocenters. The van der Waals surface area contributed by atoms with Crippen LogP contribution in [0, 0.1) is 13.8 Å². The first-order chi connectivity index (χ1) is 11.1. The van der Waals surface area contributed by atoms with Crippen LogP contribution in [0.15, 0.2) is 23.1 Å². The number of benzene rings is 1. The molecule has 1 aliphatic heterocycles. The predicted molar refractivity (Wildman–Crippen MR) is 91.9 cm³/mol. The average Bonchev–Trinajstić information content (AvgIpc) is 2.49. The lowest BCUT2D eigenvalue weighted by Crippen LogP contribution is -2.46. The SMILES string of the molecule is Cc1ccc(S(=O)(=O)NCCS(=O)(=O)N2CCOC(C)C2)cc1C. The summed E-state index contributed by atoms with van der Waals surface area (Å²) < 4.78 is 58.2. The Kier molecular flexibility index (Phi) is 6.03. The Bertz CT molecular complexity index is 790. The maximum atomic E-state index is 12.3. The van der Waals surface area contributed by atoms with Crippen LogP contribution in [-0.2, 0) is 24.8 Å². The molecule has 1 aromatic rings. The van der Waals surface area contributed by atoms with Gasteiger partial charge in [0.2, 0.25) is 20.0 Å². The van der Waals surface area contributed by atoms with Gasteiger partial charge in [-0.15, -0.1) is 0 Å². The lowest BCUT2D eigenvalue weighted by molar-refractivity contribution is 0.0102. The summed E-state index contributed by atoms with van der Waals surface area (Å²) in [6.45, 7) is 6.33. The summed E-state index contributed by atoms with van der Waals surface area (Å²) in [5, 5.41) is 0. The molecule has 1 aliphatic rings. The van der Waals surface area contributed by atoms with Crippen molar-refractivity contribution in [3.63, 3.8) is 0 Å². The van der Waals surface area contributed by atoms with Gasteiger partial charge < -0.3 is 4.74 Å². The van der Waals surface area contributed by atoms with Gasteiger partial charge in [0.15, 0.2) is 0 Å². The Morgan fingerprint density at radius 3 is 2.54 bits per heavy atom. The second-order valence-corrected chi connectivity index (χ2v) is 9.85. The van der Waals surface area contributed by atoms with Crippen molar-refractivity contribution in [3.8, 4) is 0 Å². The highest BCUT2D eigenvalue weighted by Crippen LogP contribution is 2.15. The monoisotopic (exact) mass is 376 g/mol. The lowest BCUT2D eigenvalue weighted by atomic mass is 10.1. The van der Waals surface area contributed by atoms with E-state index >= 15 is 0 Å². The molecule has 136 valence electrons. The Labute approximate surface area is 144 Å². The van der Waals surface area contributed by atoms with Gasteiger partial charge in [0, 0.05) is 19.6 Å². The maximum Gasteiger partial charge on any atom is 0.240 e. The number of hydrogen-bond donors (Lipinski definition) is 1. The highest BCUT2D eigenvalue weighted by atomic mass is 32.2. The molecule has 0 bridgehead atoms. The van der Waals surface area contributed by atoms with E-state index in [0.717, 1.165) is 11.1 Å². The van der Waals surface area contributed by atoms with Crippen LogP contribution in [-0.4, -0.2) is 59.2 Å². The van der Waals surface area contributed by atoms with E-state index in [2.05, 4.69) is 4.72 Å². The van der Waals surface area contributed by atoms with E-state index in [1.807, 2.05) is 20.8 Å². The fraction of sp³-hybridized carbons (Fsp3) is 0.600. The Morgan fingerprint density at radius 2 is 1.92 bits per heavy atom. The minimum Gasteiger partial charge on any atom is -0.376 e. The van der Waals surface area contributed by atoms with Gasteiger partial charge in [-0.3, -0.25) is 0 Å². The summed E-state index contributed by atoms with van der Waals surface area (Å²) in [5.74, 6) is -0.274. The Morgan fingerprint density at radius 1 is 1.21 bits per heavy atom.